The van der Waals surface area contributed by atoms with E-state index in [0.717, 1.165) is 36.2 Å². The Balaban J connectivity index is 1.78. The molecule has 31 heavy (non-hydrogen) atoms. The van der Waals surface area contributed by atoms with E-state index >= 15 is 0 Å². The highest BCUT2D eigenvalue weighted by atomic mass is 19.4. The number of alkyl halides is 3. The zero-order valence-corrected chi connectivity index (χ0v) is 16.9. The van der Waals surface area contributed by atoms with Gasteiger partial charge < -0.3 is 15.0 Å². The SMILES string of the molecule is COc1ccccc1C(=O)Nc1cc(C(F)(F)F)ccc1N1CCCc2ccccc21. The van der Waals surface area contributed by atoms with Gasteiger partial charge in [0.2, 0.25) is 0 Å². The van der Waals surface area contributed by atoms with Crippen molar-refractivity contribution in [2.24, 2.45) is 0 Å². The van der Waals surface area contributed by atoms with Crippen molar-refractivity contribution in [3.63, 3.8) is 0 Å². The van der Waals surface area contributed by atoms with E-state index in [0.29, 0.717) is 18.0 Å². The topological polar surface area (TPSA) is 41.6 Å². The van der Waals surface area contributed by atoms with Gasteiger partial charge >= 0.3 is 6.18 Å². The summed E-state index contributed by atoms with van der Waals surface area (Å²) in [5, 5.41) is 2.68. The number of nitrogens with one attached hydrogen (secondary N) is 1. The van der Waals surface area contributed by atoms with Gasteiger partial charge in [-0.25, -0.2) is 0 Å². The Morgan fingerprint density at radius 3 is 2.52 bits per heavy atom. The Morgan fingerprint density at radius 1 is 1.00 bits per heavy atom. The fourth-order valence-corrected chi connectivity index (χ4v) is 3.85. The first-order valence-electron chi connectivity index (χ1n) is 9.89. The number of methoxy groups -OCH3 is 1. The van der Waals surface area contributed by atoms with Gasteiger partial charge in [-0.1, -0.05) is 30.3 Å². The maximum absolute atomic E-state index is 13.4. The van der Waals surface area contributed by atoms with Gasteiger partial charge in [-0.15, -0.1) is 0 Å². The third-order valence-corrected chi connectivity index (χ3v) is 5.32. The Hall–Kier alpha value is -3.48. The normalized spacial score (nSPS) is 13.5. The number of rotatable bonds is 4. The lowest BCUT2D eigenvalue weighted by molar-refractivity contribution is -0.137. The van der Waals surface area contributed by atoms with Crippen molar-refractivity contribution in [3.05, 3.63) is 83.4 Å². The van der Waals surface area contributed by atoms with E-state index in [9.17, 15) is 18.0 Å². The Morgan fingerprint density at radius 2 is 1.74 bits per heavy atom. The predicted molar refractivity (Wildman–Crippen MR) is 114 cm³/mol. The molecule has 0 aromatic heterocycles. The molecule has 0 unspecified atom stereocenters. The summed E-state index contributed by atoms with van der Waals surface area (Å²) in [5.41, 5.74) is 2.09. The summed E-state index contributed by atoms with van der Waals surface area (Å²) in [6, 6.07) is 17.8. The number of hydrogen-bond acceptors (Lipinski definition) is 3. The molecule has 1 heterocycles. The Kier molecular flexibility index (Phi) is 5.59. The number of hydrogen-bond donors (Lipinski definition) is 1. The molecule has 0 aliphatic carbocycles. The molecule has 0 saturated heterocycles. The van der Waals surface area contributed by atoms with E-state index < -0.39 is 17.6 Å². The molecule has 0 bridgehead atoms. The number of nitrogens with zero attached hydrogens (tertiary/aromatic N) is 1. The molecular weight excluding hydrogens is 405 g/mol. The van der Waals surface area contributed by atoms with Gasteiger partial charge in [0.15, 0.2) is 0 Å². The number of carbonyl (C=O) groups is 1. The second kappa shape index (κ2) is 8.34. The number of ether oxygens (including phenoxy) is 1. The van der Waals surface area contributed by atoms with Gasteiger partial charge in [-0.3, -0.25) is 4.79 Å². The van der Waals surface area contributed by atoms with Crippen LogP contribution in [0.1, 0.15) is 27.9 Å². The molecule has 3 aromatic carbocycles. The van der Waals surface area contributed by atoms with Crippen LogP contribution in [0.5, 0.6) is 5.75 Å². The lowest BCUT2D eigenvalue weighted by Crippen LogP contribution is -2.26. The van der Waals surface area contributed by atoms with Gasteiger partial charge in [0.1, 0.15) is 5.75 Å². The zero-order valence-electron chi connectivity index (χ0n) is 16.9. The highest BCUT2D eigenvalue weighted by Crippen LogP contribution is 2.41. The quantitative estimate of drug-likeness (QED) is 0.552. The number of benzene rings is 3. The van der Waals surface area contributed by atoms with E-state index in [1.807, 2.05) is 29.2 Å². The minimum Gasteiger partial charge on any atom is -0.496 e. The molecule has 3 aromatic rings. The van der Waals surface area contributed by atoms with Crippen LogP contribution < -0.4 is 15.0 Å². The van der Waals surface area contributed by atoms with Crippen molar-refractivity contribution in [1.82, 2.24) is 0 Å². The van der Waals surface area contributed by atoms with E-state index in [2.05, 4.69) is 5.32 Å². The first-order valence-corrected chi connectivity index (χ1v) is 9.89. The van der Waals surface area contributed by atoms with Crippen molar-refractivity contribution in [3.8, 4) is 5.75 Å². The van der Waals surface area contributed by atoms with Gasteiger partial charge in [0, 0.05) is 12.2 Å². The Labute approximate surface area is 178 Å². The third kappa shape index (κ3) is 4.21. The van der Waals surface area contributed by atoms with E-state index in [4.69, 9.17) is 4.74 Å². The summed E-state index contributed by atoms with van der Waals surface area (Å²) >= 11 is 0. The smallest absolute Gasteiger partial charge is 0.416 e. The second-order valence-electron chi connectivity index (χ2n) is 7.27. The molecule has 160 valence electrons. The molecule has 0 radical (unpaired) electrons. The highest BCUT2D eigenvalue weighted by Gasteiger charge is 2.32. The third-order valence-electron chi connectivity index (χ3n) is 5.32. The van der Waals surface area contributed by atoms with E-state index in [1.165, 1.54) is 13.2 Å². The van der Waals surface area contributed by atoms with Crippen molar-refractivity contribution in [2.75, 3.05) is 23.9 Å². The maximum atomic E-state index is 13.4. The average Bonchev–Trinajstić information content (AvgIpc) is 2.78. The first kappa shape index (κ1) is 20.8. The van der Waals surface area contributed by atoms with Crippen LogP contribution in [0.3, 0.4) is 0 Å². The molecular formula is C24H21F3N2O2. The summed E-state index contributed by atoms with van der Waals surface area (Å²) in [4.78, 5) is 14.9. The zero-order chi connectivity index (χ0) is 22.0. The number of amides is 1. The molecule has 0 atom stereocenters. The van der Waals surface area contributed by atoms with Crippen molar-refractivity contribution in [1.29, 1.82) is 0 Å². The average molecular weight is 426 g/mol. The number of para-hydroxylation sites is 2. The molecule has 1 aliphatic heterocycles. The van der Waals surface area contributed by atoms with Crippen LogP contribution in [-0.2, 0) is 12.6 Å². The second-order valence-corrected chi connectivity index (χ2v) is 7.27. The molecule has 1 amide bonds. The van der Waals surface area contributed by atoms with Gasteiger partial charge in [0.25, 0.3) is 5.91 Å². The van der Waals surface area contributed by atoms with Crippen LogP contribution >= 0.6 is 0 Å². The fourth-order valence-electron chi connectivity index (χ4n) is 3.85. The first-order chi connectivity index (χ1) is 14.9. The lowest BCUT2D eigenvalue weighted by atomic mass is 10.00. The van der Waals surface area contributed by atoms with Crippen molar-refractivity contribution < 1.29 is 22.7 Å². The molecule has 0 fully saturated rings. The molecule has 4 rings (SSSR count). The van der Waals surface area contributed by atoms with Crippen LogP contribution in [0.15, 0.2) is 66.7 Å². The molecule has 4 nitrogen and oxygen atoms in total. The minimum atomic E-state index is -4.53. The van der Waals surface area contributed by atoms with Crippen LogP contribution in [-0.4, -0.2) is 19.6 Å². The maximum Gasteiger partial charge on any atom is 0.416 e. The van der Waals surface area contributed by atoms with Crippen molar-refractivity contribution >= 4 is 23.0 Å². The summed E-state index contributed by atoms with van der Waals surface area (Å²) in [6.45, 7) is 0.639. The number of halogens is 3. The molecule has 1 aliphatic rings. The van der Waals surface area contributed by atoms with Gasteiger partial charge in [0.05, 0.1) is 29.6 Å². The fraction of sp³-hybridized carbons (Fsp3) is 0.208. The van der Waals surface area contributed by atoms with Crippen molar-refractivity contribution in [2.45, 2.75) is 19.0 Å². The predicted octanol–water partition coefficient (Wildman–Crippen LogP) is 6.05. The number of aryl methyl sites for hydroxylation is 1. The molecule has 1 N–H and O–H groups in total. The van der Waals surface area contributed by atoms with Crippen LogP contribution in [0.2, 0.25) is 0 Å². The summed E-state index contributed by atoms with van der Waals surface area (Å²) in [7, 11) is 1.44. The molecule has 0 saturated carbocycles. The summed E-state index contributed by atoms with van der Waals surface area (Å²) in [5.74, 6) is -0.194. The van der Waals surface area contributed by atoms with E-state index in [1.54, 1.807) is 24.3 Å². The monoisotopic (exact) mass is 426 g/mol. The minimum absolute atomic E-state index is 0.0995. The number of fused-ring (bicyclic) bond motifs is 1. The number of anilines is 3. The highest BCUT2D eigenvalue weighted by molar-refractivity contribution is 6.08. The van der Waals surface area contributed by atoms with Gasteiger partial charge in [-0.2, -0.15) is 13.2 Å². The van der Waals surface area contributed by atoms with E-state index in [-0.39, 0.29) is 11.3 Å². The van der Waals surface area contributed by atoms with Crippen LogP contribution in [0.4, 0.5) is 30.2 Å². The molecule has 0 spiro atoms. The number of carbonyl (C=O) groups excluding carboxylic acids is 1. The van der Waals surface area contributed by atoms with Crippen LogP contribution in [0.25, 0.3) is 0 Å². The van der Waals surface area contributed by atoms with Gasteiger partial charge in [-0.05, 0) is 54.8 Å². The largest absolute Gasteiger partial charge is 0.496 e. The molecule has 7 heteroatoms. The summed E-state index contributed by atoms with van der Waals surface area (Å²) in [6.07, 6.45) is -2.77. The Bertz CT molecular complexity index is 1110. The standard InChI is InChI=1S/C24H21F3N2O2/c1-31-22-11-5-3-9-18(22)23(30)28-19-15-17(24(25,26)27)12-13-21(19)29-14-6-8-16-7-2-4-10-20(16)29/h2-5,7,9-13,15H,6,8,14H2,1H3,(H,28,30). The lowest BCUT2D eigenvalue weighted by Gasteiger charge is -2.33. The van der Waals surface area contributed by atoms with Crippen LogP contribution in [0, 0.1) is 0 Å². The summed E-state index contributed by atoms with van der Waals surface area (Å²) < 4.78 is 45.5.